The van der Waals surface area contributed by atoms with Gasteiger partial charge in [-0.05, 0) is 64.5 Å². The molecule has 0 N–H and O–H groups in total. The second-order valence-corrected chi connectivity index (χ2v) is 5.09. The molecule has 0 aliphatic heterocycles. The molecular weight excluding hydrogens is 270 g/mol. The van der Waals surface area contributed by atoms with Gasteiger partial charge in [0.1, 0.15) is 0 Å². The van der Waals surface area contributed by atoms with E-state index >= 15 is 0 Å². The van der Waals surface area contributed by atoms with Crippen LogP contribution < -0.4 is 47.9 Å². The van der Waals surface area contributed by atoms with Gasteiger partial charge in [0.15, 0.2) is 0 Å². The van der Waals surface area contributed by atoms with E-state index in [-0.39, 0.29) is 55.3 Å². The number of carboxylic acids is 2. The first kappa shape index (κ1) is 26.3. The third kappa shape index (κ3) is 12.0. The molecule has 0 saturated heterocycles. The number of carboxylic acid groups (broad SMARTS) is 2. The van der Waals surface area contributed by atoms with Crippen molar-refractivity contribution in [2.75, 3.05) is 0 Å². The second-order valence-electron chi connectivity index (χ2n) is 5.09. The standard InChI is InChI=1S/C16H24O4.2Li/c1-11(2)7-5-8-12(3)9-6-10-14(16(19)20)13(4)15(17)18;;/h7,9H,5-6,8,10H2,1-4H3,(H,17,18)(H,19,20);;/q;2*+1/p-2/b12-9+,14-13+;;. The number of hydrogen-bond donors (Lipinski definition) is 0. The topological polar surface area (TPSA) is 80.3 Å². The molecule has 6 heteroatoms. The Balaban J connectivity index is -0.00000180. The van der Waals surface area contributed by atoms with Crippen molar-refractivity contribution in [1.29, 1.82) is 0 Å². The fourth-order valence-electron chi connectivity index (χ4n) is 1.72. The number of carbonyl (C=O) groups is 2. The van der Waals surface area contributed by atoms with Crippen molar-refractivity contribution in [3.8, 4) is 0 Å². The van der Waals surface area contributed by atoms with Gasteiger partial charge in [-0.1, -0.05) is 23.3 Å². The molecule has 0 saturated carbocycles. The van der Waals surface area contributed by atoms with Crippen LogP contribution in [-0.4, -0.2) is 11.9 Å². The summed E-state index contributed by atoms with van der Waals surface area (Å²) in [7, 11) is 0. The van der Waals surface area contributed by atoms with Gasteiger partial charge in [0.25, 0.3) is 0 Å². The number of allylic oxidation sites excluding steroid dienone is 4. The molecule has 0 aliphatic rings. The molecule has 0 amide bonds. The Kier molecular flexibility index (Phi) is 16.7. The SMILES string of the molecule is CC(C)=CCC/C(C)=C/CC/C(C(=O)[O-])=C(/C)C(=O)[O-].[Li+].[Li+]. The van der Waals surface area contributed by atoms with Crippen LogP contribution >= 0.6 is 0 Å². The van der Waals surface area contributed by atoms with E-state index in [4.69, 9.17) is 0 Å². The van der Waals surface area contributed by atoms with Crippen molar-refractivity contribution in [3.63, 3.8) is 0 Å². The van der Waals surface area contributed by atoms with Gasteiger partial charge in [-0.3, -0.25) is 0 Å². The van der Waals surface area contributed by atoms with Gasteiger partial charge in [0.05, 0.1) is 11.9 Å². The molecule has 112 valence electrons. The molecule has 0 aromatic rings. The summed E-state index contributed by atoms with van der Waals surface area (Å²) >= 11 is 0. The van der Waals surface area contributed by atoms with E-state index in [0.717, 1.165) is 18.4 Å². The first-order chi connectivity index (χ1) is 9.25. The summed E-state index contributed by atoms with van der Waals surface area (Å²) in [5, 5.41) is 21.5. The largest absolute Gasteiger partial charge is 1.00 e. The van der Waals surface area contributed by atoms with Crippen molar-refractivity contribution in [3.05, 3.63) is 34.4 Å². The maximum Gasteiger partial charge on any atom is 1.00 e. The monoisotopic (exact) mass is 292 g/mol. The van der Waals surface area contributed by atoms with Gasteiger partial charge in [-0.15, -0.1) is 0 Å². The zero-order chi connectivity index (χ0) is 15.7. The van der Waals surface area contributed by atoms with Crippen LogP contribution in [0.25, 0.3) is 0 Å². The molecule has 0 spiro atoms. The molecule has 0 aromatic heterocycles. The molecule has 22 heavy (non-hydrogen) atoms. The Labute approximate surface area is 157 Å². The summed E-state index contributed by atoms with van der Waals surface area (Å²) in [6, 6.07) is 0. The number of hydrogen-bond acceptors (Lipinski definition) is 4. The van der Waals surface area contributed by atoms with Crippen LogP contribution in [0.4, 0.5) is 0 Å². The van der Waals surface area contributed by atoms with Crippen LogP contribution in [0.2, 0.25) is 0 Å². The van der Waals surface area contributed by atoms with Gasteiger partial charge in [0.2, 0.25) is 0 Å². The Bertz CT molecular complexity index is 459. The zero-order valence-corrected chi connectivity index (χ0v) is 14.6. The van der Waals surface area contributed by atoms with Crippen LogP contribution in [0, 0.1) is 0 Å². The molecule has 4 nitrogen and oxygen atoms in total. The Morgan fingerprint density at radius 3 is 1.73 bits per heavy atom. The fraction of sp³-hybridized carbons (Fsp3) is 0.500. The normalized spacial score (nSPS) is 11.5. The summed E-state index contributed by atoms with van der Waals surface area (Å²) in [5.74, 6) is -2.91. The fourth-order valence-corrected chi connectivity index (χ4v) is 1.72. The van der Waals surface area contributed by atoms with Gasteiger partial charge in [0, 0.05) is 0 Å². The molecule has 0 heterocycles. The van der Waals surface area contributed by atoms with E-state index in [2.05, 4.69) is 6.08 Å². The summed E-state index contributed by atoms with van der Waals surface area (Å²) in [6.07, 6.45) is 6.56. The van der Waals surface area contributed by atoms with Crippen molar-refractivity contribution in [1.82, 2.24) is 0 Å². The molecular formula is C16H22Li2O4. The molecule has 0 unspecified atom stereocenters. The average Bonchev–Trinajstić information content (AvgIpc) is 2.32. The van der Waals surface area contributed by atoms with Crippen molar-refractivity contribution >= 4 is 11.9 Å². The summed E-state index contributed by atoms with van der Waals surface area (Å²) in [6.45, 7) is 7.29. The van der Waals surface area contributed by atoms with Crippen LogP contribution in [0.15, 0.2) is 34.4 Å². The minimum Gasteiger partial charge on any atom is -0.545 e. The van der Waals surface area contributed by atoms with Crippen molar-refractivity contribution < 1.29 is 57.5 Å². The van der Waals surface area contributed by atoms with E-state index in [9.17, 15) is 19.8 Å². The van der Waals surface area contributed by atoms with Gasteiger partial charge in [-0.2, -0.15) is 0 Å². The van der Waals surface area contributed by atoms with Crippen LogP contribution in [-0.2, 0) is 9.59 Å². The number of aliphatic carboxylic acids is 2. The smallest absolute Gasteiger partial charge is 0.545 e. The predicted molar refractivity (Wildman–Crippen MR) is 74.4 cm³/mol. The summed E-state index contributed by atoms with van der Waals surface area (Å²) < 4.78 is 0. The predicted octanol–water partition coefficient (Wildman–Crippen LogP) is -4.72. The minimum absolute atomic E-state index is 0. The number of carbonyl (C=O) groups excluding carboxylic acids is 2. The summed E-state index contributed by atoms with van der Waals surface area (Å²) in [4.78, 5) is 21.5. The zero-order valence-electron chi connectivity index (χ0n) is 14.6. The van der Waals surface area contributed by atoms with Gasteiger partial charge in [-0.25, -0.2) is 0 Å². The maximum atomic E-state index is 10.9. The third-order valence-electron chi connectivity index (χ3n) is 2.98. The molecule has 0 aliphatic carbocycles. The third-order valence-corrected chi connectivity index (χ3v) is 2.98. The first-order valence-electron chi connectivity index (χ1n) is 6.67. The Hall–Kier alpha value is -0.645. The summed E-state index contributed by atoms with van der Waals surface area (Å²) in [5.41, 5.74) is 1.97. The number of rotatable bonds is 8. The van der Waals surface area contributed by atoms with Gasteiger partial charge >= 0.3 is 37.7 Å². The quantitative estimate of drug-likeness (QED) is 0.256. The first-order valence-corrected chi connectivity index (χ1v) is 6.67. The van der Waals surface area contributed by atoms with E-state index in [1.54, 1.807) is 0 Å². The molecule has 0 aromatic carbocycles. The van der Waals surface area contributed by atoms with Crippen LogP contribution in [0.5, 0.6) is 0 Å². The van der Waals surface area contributed by atoms with E-state index in [1.807, 2.05) is 26.8 Å². The molecule has 0 bridgehead atoms. The van der Waals surface area contributed by atoms with Gasteiger partial charge < -0.3 is 19.8 Å². The second kappa shape index (κ2) is 14.0. The molecule has 0 radical (unpaired) electrons. The van der Waals surface area contributed by atoms with Crippen molar-refractivity contribution in [2.45, 2.75) is 53.4 Å². The molecule has 0 rings (SSSR count). The van der Waals surface area contributed by atoms with Crippen molar-refractivity contribution in [2.24, 2.45) is 0 Å². The van der Waals surface area contributed by atoms with E-state index in [0.29, 0.717) is 6.42 Å². The molecule has 0 fully saturated rings. The average molecular weight is 292 g/mol. The van der Waals surface area contributed by atoms with E-state index in [1.165, 1.54) is 12.5 Å². The Morgan fingerprint density at radius 2 is 1.32 bits per heavy atom. The van der Waals surface area contributed by atoms with E-state index < -0.39 is 11.9 Å². The maximum absolute atomic E-state index is 10.9. The van der Waals surface area contributed by atoms with Crippen LogP contribution in [0.3, 0.4) is 0 Å². The molecule has 0 atom stereocenters. The minimum atomic E-state index is -1.46. The van der Waals surface area contributed by atoms with Crippen LogP contribution in [0.1, 0.15) is 53.4 Å². The Morgan fingerprint density at radius 1 is 0.818 bits per heavy atom.